The zero-order valence-corrected chi connectivity index (χ0v) is 14.6. The fourth-order valence-corrected chi connectivity index (χ4v) is 1.99. The molecule has 6 heteroatoms. The molecule has 0 saturated heterocycles. The van der Waals surface area contributed by atoms with Gasteiger partial charge in [0.05, 0.1) is 0 Å². The summed E-state index contributed by atoms with van der Waals surface area (Å²) in [5.41, 5.74) is 1.18. The highest BCUT2D eigenvalue weighted by atomic mass is 35.6. The smallest absolute Gasteiger partial charge is 0.246 e. The minimum absolute atomic E-state index is 0.213. The number of benzene rings is 1. The Morgan fingerprint density at radius 2 is 1.81 bits per heavy atom. The highest BCUT2D eigenvalue weighted by Gasteiger charge is 2.36. The van der Waals surface area contributed by atoms with Crippen LogP contribution in [0.25, 0.3) is 0 Å². The lowest BCUT2D eigenvalue weighted by molar-refractivity contribution is -0.124. The molecule has 0 heterocycles. The lowest BCUT2D eigenvalue weighted by Gasteiger charge is -2.26. The maximum Gasteiger partial charge on any atom is 0.246 e. The summed E-state index contributed by atoms with van der Waals surface area (Å²) in [7, 11) is 0. The molecule has 1 unspecified atom stereocenters. The molecule has 0 aromatic heterocycles. The lowest BCUT2D eigenvalue weighted by atomic mass is 10.1. The summed E-state index contributed by atoms with van der Waals surface area (Å²) in [5, 5.41) is 2.61. The van der Waals surface area contributed by atoms with Crippen LogP contribution in [-0.2, 0) is 11.2 Å². The lowest BCUT2D eigenvalue weighted by Crippen LogP contribution is -2.48. The van der Waals surface area contributed by atoms with Crippen molar-refractivity contribution in [3.05, 3.63) is 29.8 Å². The fourth-order valence-electron chi connectivity index (χ4n) is 1.69. The number of carbonyl (C=O) groups excluding carboxylic acids is 1. The summed E-state index contributed by atoms with van der Waals surface area (Å²) in [6.07, 6.45) is 0.232. The molecular weight excluding hydrogens is 333 g/mol. The van der Waals surface area contributed by atoms with Crippen molar-refractivity contribution in [1.29, 1.82) is 0 Å². The van der Waals surface area contributed by atoms with Gasteiger partial charge in [-0.3, -0.25) is 4.79 Å². The molecule has 0 aliphatic heterocycles. The predicted octanol–water partition coefficient (Wildman–Crippen LogP) is 4.49. The number of ether oxygens (including phenoxy) is 1. The predicted molar refractivity (Wildman–Crippen MR) is 88.1 cm³/mol. The third-order valence-corrected chi connectivity index (χ3v) is 3.36. The van der Waals surface area contributed by atoms with Gasteiger partial charge < -0.3 is 10.1 Å². The van der Waals surface area contributed by atoms with E-state index in [4.69, 9.17) is 39.5 Å². The van der Waals surface area contributed by atoms with Crippen LogP contribution in [0.5, 0.6) is 5.75 Å². The topological polar surface area (TPSA) is 38.3 Å². The molecule has 0 aliphatic carbocycles. The van der Waals surface area contributed by atoms with E-state index in [0.717, 1.165) is 6.42 Å². The minimum Gasteiger partial charge on any atom is -0.466 e. The van der Waals surface area contributed by atoms with Crippen molar-refractivity contribution >= 4 is 40.7 Å². The Morgan fingerprint density at radius 3 is 2.24 bits per heavy atom. The van der Waals surface area contributed by atoms with Crippen LogP contribution in [0.4, 0.5) is 0 Å². The molecule has 0 saturated carbocycles. The van der Waals surface area contributed by atoms with Crippen LogP contribution in [-0.4, -0.2) is 15.9 Å². The molecule has 118 valence electrons. The van der Waals surface area contributed by atoms with Gasteiger partial charge in [-0.25, -0.2) is 0 Å². The van der Waals surface area contributed by atoms with Crippen LogP contribution < -0.4 is 10.1 Å². The second-order valence-electron chi connectivity index (χ2n) is 5.20. The van der Waals surface area contributed by atoms with Crippen LogP contribution >= 0.6 is 34.8 Å². The average molecular weight is 353 g/mol. The number of carbonyl (C=O) groups is 1. The minimum atomic E-state index is -1.75. The zero-order valence-electron chi connectivity index (χ0n) is 12.3. The second-order valence-corrected chi connectivity index (χ2v) is 7.57. The molecule has 0 radical (unpaired) electrons. The van der Waals surface area contributed by atoms with E-state index in [9.17, 15) is 4.79 Å². The van der Waals surface area contributed by atoms with E-state index in [0.29, 0.717) is 12.2 Å². The van der Waals surface area contributed by atoms with Crippen LogP contribution in [0.2, 0.25) is 0 Å². The van der Waals surface area contributed by atoms with E-state index in [-0.39, 0.29) is 11.8 Å². The van der Waals surface area contributed by atoms with E-state index >= 15 is 0 Å². The molecule has 0 fully saturated rings. The summed E-state index contributed by atoms with van der Waals surface area (Å²) in [6.45, 7) is 5.94. The van der Waals surface area contributed by atoms with Crippen molar-refractivity contribution in [3.8, 4) is 5.75 Å². The number of aryl methyl sites for hydroxylation is 1. The van der Waals surface area contributed by atoms with Gasteiger partial charge in [-0.05, 0) is 30.0 Å². The van der Waals surface area contributed by atoms with Gasteiger partial charge in [0, 0.05) is 6.42 Å². The molecule has 1 rings (SSSR count). The van der Waals surface area contributed by atoms with Crippen LogP contribution in [0.3, 0.4) is 0 Å². The average Bonchev–Trinajstić information content (AvgIpc) is 2.36. The summed E-state index contributed by atoms with van der Waals surface area (Å²) in [4.78, 5) is 11.8. The Morgan fingerprint density at radius 1 is 1.24 bits per heavy atom. The Bertz CT molecular complexity index is 455. The largest absolute Gasteiger partial charge is 0.466 e. The normalized spacial score (nSPS) is 13.1. The Hall–Kier alpha value is -0.640. The maximum atomic E-state index is 11.8. The van der Waals surface area contributed by atoms with E-state index in [2.05, 4.69) is 12.2 Å². The van der Waals surface area contributed by atoms with Gasteiger partial charge in [0.2, 0.25) is 15.9 Å². The summed E-state index contributed by atoms with van der Waals surface area (Å²) >= 11 is 17.6. The third kappa shape index (κ3) is 6.77. The number of nitrogens with one attached hydrogen (secondary N) is 1. The van der Waals surface area contributed by atoms with Crippen molar-refractivity contribution in [2.45, 2.75) is 43.6 Å². The van der Waals surface area contributed by atoms with Gasteiger partial charge >= 0.3 is 0 Å². The third-order valence-electron chi connectivity index (χ3n) is 2.77. The number of rotatable bonds is 6. The van der Waals surface area contributed by atoms with Gasteiger partial charge in [-0.15, -0.1) is 0 Å². The first-order valence-electron chi connectivity index (χ1n) is 6.84. The summed E-state index contributed by atoms with van der Waals surface area (Å²) in [5.74, 6) is 0.532. The highest BCUT2D eigenvalue weighted by Crippen LogP contribution is 2.32. The van der Waals surface area contributed by atoms with Gasteiger partial charge in [-0.2, -0.15) is 0 Å². The number of hydrogen-bond donors (Lipinski definition) is 1. The van der Waals surface area contributed by atoms with Gasteiger partial charge in [0.1, 0.15) is 5.75 Å². The van der Waals surface area contributed by atoms with E-state index in [1.54, 1.807) is 12.1 Å². The number of alkyl halides is 3. The summed E-state index contributed by atoms with van der Waals surface area (Å²) in [6, 6.07) is 7.44. The monoisotopic (exact) mass is 351 g/mol. The Balaban J connectivity index is 2.76. The first-order chi connectivity index (χ1) is 9.72. The van der Waals surface area contributed by atoms with Crippen molar-refractivity contribution in [2.75, 3.05) is 0 Å². The number of hydrogen-bond acceptors (Lipinski definition) is 2. The van der Waals surface area contributed by atoms with E-state index in [1.807, 2.05) is 26.0 Å². The molecule has 0 spiro atoms. The number of halogens is 3. The standard InChI is InChI=1S/C15H20Cl3NO2/c1-4-11-5-7-12(8-6-11)21-14(15(16,17)18)19-13(20)9-10(2)3/h5-8,10,14H,4,9H2,1-3H3,(H,19,20). The molecule has 3 nitrogen and oxygen atoms in total. The molecular formula is C15H20Cl3NO2. The molecule has 1 N–H and O–H groups in total. The zero-order chi connectivity index (χ0) is 16.0. The van der Waals surface area contributed by atoms with Gasteiger partial charge in [0.15, 0.2) is 0 Å². The molecule has 0 aliphatic rings. The van der Waals surface area contributed by atoms with Crippen LogP contribution in [0, 0.1) is 5.92 Å². The van der Waals surface area contributed by atoms with E-state index < -0.39 is 10.0 Å². The van der Waals surface area contributed by atoms with Crippen molar-refractivity contribution in [2.24, 2.45) is 5.92 Å². The molecule has 1 atom stereocenters. The summed E-state index contributed by atoms with van der Waals surface area (Å²) < 4.78 is 3.85. The first kappa shape index (κ1) is 18.4. The Kier molecular flexibility index (Phi) is 7.11. The molecule has 21 heavy (non-hydrogen) atoms. The molecule has 0 bridgehead atoms. The maximum absolute atomic E-state index is 11.8. The molecule has 1 aromatic carbocycles. The molecule has 1 amide bonds. The van der Waals surface area contributed by atoms with Gasteiger partial charge in [0.25, 0.3) is 0 Å². The van der Waals surface area contributed by atoms with Gasteiger partial charge in [-0.1, -0.05) is 67.7 Å². The van der Waals surface area contributed by atoms with Crippen molar-refractivity contribution in [3.63, 3.8) is 0 Å². The van der Waals surface area contributed by atoms with Crippen LogP contribution in [0.15, 0.2) is 24.3 Å². The van der Waals surface area contributed by atoms with E-state index in [1.165, 1.54) is 5.56 Å². The molecule has 1 aromatic rings. The first-order valence-corrected chi connectivity index (χ1v) is 7.97. The quantitative estimate of drug-likeness (QED) is 0.605. The second kappa shape index (κ2) is 8.11. The SMILES string of the molecule is CCc1ccc(OC(NC(=O)CC(C)C)C(Cl)(Cl)Cl)cc1. The van der Waals surface area contributed by atoms with Crippen molar-refractivity contribution in [1.82, 2.24) is 5.32 Å². The highest BCUT2D eigenvalue weighted by molar-refractivity contribution is 6.68. The van der Waals surface area contributed by atoms with Crippen LogP contribution in [0.1, 0.15) is 32.8 Å². The van der Waals surface area contributed by atoms with Crippen molar-refractivity contribution < 1.29 is 9.53 Å². The fraction of sp³-hybridized carbons (Fsp3) is 0.533. The Labute approximate surface area is 140 Å². The number of amides is 1.